The van der Waals surface area contributed by atoms with Gasteiger partial charge in [-0.05, 0) is 95.4 Å². The second kappa shape index (κ2) is 22.4. The van der Waals surface area contributed by atoms with Gasteiger partial charge in [-0.2, -0.15) is 5.10 Å². The van der Waals surface area contributed by atoms with Crippen LogP contribution in [0.2, 0.25) is 0 Å². The minimum Gasteiger partial charge on any atom is -0.396 e. The molecule has 9 heteroatoms. The Hall–Kier alpha value is -3.17. The molecular weight excluding hydrogens is 575 g/mol. The van der Waals surface area contributed by atoms with Gasteiger partial charge in [0.15, 0.2) is 5.83 Å². The highest BCUT2D eigenvalue weighted by atomic mass is 19.1. The van der Waals surface area contributed by atoms with Crippen molar-refractivity contribution in [1.82, 2.24) is 25.0 Å². The lowest BCUT2D eigenvalue weighted by atomic mass is 10.1. The number of nitrogens with one attached hydrogen (secondary N) is 1. The molecule has 258 valence electrons. The Bertz CT molecular complexity index is 1140. The number of halogens is 1. The van der Waals surface area contributed by atoms with Gasteiger partial charge in [-0.3, -0.25) is 14.9 Å². The van der Waals surface area contributed by atoms with Gasteiger partial charge in [-0.1, -0.05) is 64.5 Å². The fourth-order valence-corrected chi connectivity index (χ4v) is 5.70. The Morgan fingerprint density at radius 1 is 1.09 bits per heavy atom. The van der Waals surface area contributed by atoms with E-state index in [9.17, 15) is 4.39 Å². The largest absolute Gasteiger partial charge is 0.396 e. The van der Waals surface area contributed by atoms with Crippen LogP contribution in [0.25, 0.3) is 0 Å². The number of hydrogen-bond donors (Lipinski definition) is 2. The lowest BCUT2D eigenvalue weighted by Gasteiger charge is -2.30. The van der Waals surface area contributed by atoms with Gasteiger partial charge in [-0.25, -0.2) is 4.39 Å². The van der Waals surface area contributed by atoms with Crippen LogP contribution < -0.4 is 11.1 Å². The van der Waals surface area contributed by atoms with Crippen LogP contribution in [0.1, 0.15) is 80.1 Å². The normalized spacial score (nSPS) is 19.0. The van der Waals surface area contributed by atoms with Gasteiger partial charge in [0.05, 0.1) is 11.9 Å². The molecule has 2 aliphatic rings. The molecule has 3 N–H and O–H groups in total. The Kier molecular flexibility index (Phi) is 19.0. The van der Waals surface area contributed by atoms with E-state index in [1.807, 2.05) is 25.3 Å². The molecule has 2 heterocycles. The average molecular weight is 639 g/mol. The van der Waals surface area contributed by atoms with E-state index in [2.05, 4.69) is 95.0 Å². The standard InChI is InChI=1S/C37H63FN8/c1-8-12-19-35(31(5)6)46(11-4)42-22-14-13-18-33(9-2)37(39)34(38)27-40-30-41-36-21-20-32(28-43(36)7)29-45-24-16-15-23-44(10-3)25-17-26-45/h9,13,18-22,27,31,41H,8,10-12,14-17,23-26,28-30,39H2,1-7H3/b18-13-,33-9+,35-19-,37-34+,40-27?,42-22+. The molecule has 0 aromatic heterocycles. The van der Waals surface area contributed by atoms with E-state index in [0.717, 1.165) is 57.9 Å². The van der Waals surface area contributed by atoms with Crippen molar-refractivity contribution in [2.45, 2.75) is 80.1 Å². The van der Waals surface area contributed by atoms with Crippen LogP contribution in [-0.4, -0.2) is 98.2 Å². The molecule has 0 spiro atoms. The molecule has 0 saturated carbocycles. The predicted molar refractivity (Wildman–Crippen MR) is 196 cm³/mol. The molecule has 0 aliphatic carbocycles. The zero-order chi connectivity index (χ0) is 33.7. The van der Waals surface area contributed by atoms with Crippen molar-refractivity contribution in [1.29, 1.82) is 0 Å². The van der Waals surface area contributed by atoms with Gasteiger partial charge < -0.3 is 20.9 Å². The summed E-state index contributed by atoms with van der Waals surface area (Å²) < 4.78 is 14.9. The summed E-state index contributed by atoms with van der Waals surface area (Å²) in [4.78, 5) is 11.6. The van der Waals surface area contributed by atoms with Gasteiger partial charge in [-0.15, -0.1) is 0 Å². The van der Waals surface area contributed by atoms with Crippen LogP contribution in [0.5, 0.6) is 0 Å². The highest BCUT2D eigenvalue weighted by Gasteiger charge is 2.16. The van der Waals surface area contributed by atoms with E-state index in [1.54, 1.807) is 6.08 Å². The Labute approximate surface area is 280 Å². The van der Waals surface area contributed by atoms with Crippen molar-refractivity contribution in [3.8, 4) is 0 Å². The molecule has 0 aromatic carbocycles. The minimum absolute atomic E-state index is 0.0723. The molecular formula is C37H63FN8. The van der Waals surface area contributed by atoms with Crippen LogP contribution in [-0.2, 0) is 0 Å². The molecule has 0 aromatic rings. The van der Waals surface area contributed by atoms with Gasteiger partial charge in [0.2, 0.25) is 0 Å². The summed E-state index contributed by atoms with van der Waals surface area (Å²) in [7, 11) is 2.08. The first-order valence-corrected chi connectivity index (χ1v) is 17.5. The van der Waals surface area contributed by atoms with Crippen LogP contribution in [0.3, 0.4) is 0 Å². The van der Waals surface area contributed by atoms with Crippen LogP contribution >= 0.6 is 0 Å². The molecule has 1 saturated heterocycles. The number of aliphatic imine (C=N–C) groups is 1. The number of hydrogen-bond acceptors (Lipinski definition) is 8. The van der Waals surface area contributed by atoms with Crippen molar-refractivity contribution >= 4 is 12.4 Å². The molecule has 0 bridgehead atoms. The summed E-state index contributed by atoms with van der Waals surface area (Å²) in [5, 5.41) is 10.0. The molecule has 0 atom stereocenters. The number of nitrogens with two attached hydrogens (primary N) is 1. The number of allylic oxidation sites excluding steroid dienone is 8. The molecule has 0 unspecified atom stereocenters. The fourth-order valence-electron chi connectivity index (χ4n) is 5.70. The molecule has 2 rings (SSSR count). The third-order valence-electron chi connectivity index (χ3n) is 8.38. The molecule has 46 heavy (non-hydrogen) atoms. The molecule has 8 nitrogen and oxygen atoms in total. The van der Waals surface area contributed by atoms with E-state index in [4.69, 9.17) is 5.73 Å². The molecule has 0 radical (unpaired) electrons. The van der Waals surface area contributed by atoms with Gasteiger partial charge in [0.25, 0.3) is 0 Å². The van der Waals surface area contributed by atoms with Gasteiger partial charge in [0, 0.05) is 45.0 Å². The van der Waals surface area contributed by atoms with Crippen LogP contribution in [0, 0.1) is 5.92 Å². The van der Waals surface area contributed by atoms with E-state index in [1.165, 1.54) is 49.8 Å². The number of nitrogens with zero attached hydrogens (tertiary/aromatic N) is 6. The second-order valence-corrected chi connectivity index (χ2v) is 12.4. The first-order chi connectivity index (χ1) is 22.2. The van der Waals surface area contributed by atoms with E-state index in [-0.39, 0.29) is 12.4 Å². The predicted octanol–water partition coefficient (Wildman–Crippen LogP) is 6.81. The summed E-state index contributed by atoms with van der Waals surface area (Å²) >= 11 is 0. The summed E-state index contributed by atoms with van der Waals surface area (Å²) in [6.07, 6.45) is 21.8. The Balaban J connectivity index is 1.88. The summed E-state index contributed by atoms with van der Waals surface area (Å²) in [5.41, 5.74) is 9.49. The van der Waals surface area contributed by atoms with Crippen molar-refractivity contribution in [2.24, 2.45) is 21.7 Å². The number of rotatable bonds is 17. The lowest BCUT2D eigenvalue weighted by Crippen LogP contribution is -2.36. The van der Waals surface area contributed by atoms with Gasteiger partial charge in [0.1, 0.15) is 12.5 Å². The maximum absolute atomic E-state index is 14.9. The quantitative estimate of drug-likeness (QED) is 0.104. The molecule has 0 amide bonds. The minimum atomic E-state index is -0.549. The topological polar surface area (TPSA) is 75.7 Å². The number of unbranched alkanes of at least 4 members (excludes halogenated alkanes) is 1. The van der Waals surface area contributed by atoms with E-state index >= 15 is 0 Å². The molecule has 1 fully saturated rings. The maximum atomic E-state index is 14.9. The zero-order valence-electron chi connectivity index (χ0n) is 29.9. The summed E-state index contributed by atoms with van der Waals surface area (Å²) in [6.45, 7) is 21.6. The van der Waals surface area contributed by atoms with Crippen molar-refractivity contribution in [3.63, 3.8) is 0 Å². The van der Waals surface area contributed by atoms with Crippen molar-refractivity contribution in [2.75, 3.05) is 66.1 Å². The first-order valence-electron chi connectivity index (χ1n) is 17.5. The average Bonchev–Trinajstić information content (AvgIpc) is 3.16. The number of hydrazone groups is 1. The van der Waals surface area contributed by atoms with Gasteiger partial charge >= 0.3 is 0 Å². The monoisotopic (exact) mass is 639 g/mol. The Morgan fingerprint density at radius 2 is 1.80 bits per heavy atom. The first kappa shape index (κ1) is 39.0. The van der Waals surface area contributed by atoms with E-state index in [0.29, 0.717) is 17.9 Å². The smallest absolute Gasteiger partial charge is 0.164 e. The lowest BCUT2D eigenvalue weighted by molar-refractivity contribution is 0.264. The zero-order valence-corrected chi connectivity index (χ0v) is 29.9. The van der Waals surface area contributed by atoms with E-state index < -0.39 is 5.83 Å². The third-order valence-corrected chi connectivity index (χ3v) is 8.38. The number of likely N-dealkylation sites (N-methyl/N-ethyl adjacent to an activating group) is 1. The third kappa shape index (κ3) is 14.1. The Morgan fingerprint density at radius 3 is 2.46 bits per heavy atom. The van der Waals surface area contributed by atoms with Crippen LogP contribution in [0.4, 0.5) is 4.39 Å². The fraction of sp³-hybridized carbons (Fsp3) is 0.622. The molecule has 2 aliphatic heterocycles. The SMILES string of the molecule is C/C=C(\C=C/C/C=N/N(CC)/C(=C\CCC)C(C)C)C(/N)=C(\F)C=NCNC1=CC=C(CN2CCCCN(CC)CCC2)CN1C. The highest BCUT2D eigenvalue weighted by Crippen LogP contribution is 2.18. The summed E-state index contributed by atoms with van der Waals surface area (Å²) in [6, 6.07) is 0. The highest BCUT2D eigenvalue weighted by molar-refractivity contribution is 5.78. The van der Waals surface area contributed by atoms with Crippen molar-refractivity contribution in [3.05, 3.63) is 70.6 Å². The van der Waals surface area contributed by atoms with Crippen LogP contribution in [0.15, 0.2) is 80.7 Å². The summed E-state index contributed by atoms with van der Waals surface area (Å²) in [5.74, 6) is 0.834. The van der Waals surface area contributed by atoms with Crippen molar-refractivity contribution < 1.29 is 4.39 Å². The maximum Gasteiger partial charge on any atom is 0.164 e. The second-order valence-electron chi connectivity index (χ2n) is 12.4.